The number of hydrazine groups is 1. The molecule has 7 nitrogen and oxygen atoms in total. The van der Waals surface area contributed by atoms with Gasteiger partial charge >= 0.3 is 11.9 Å². The van der Waals surface area contributed by atoms with E-state index in [-0.39, 0.29) is 12.8 Å². The summed E-state index contributed by atoms with van der Waals surface area (Å²) in [6.45, 7) is 0. The van der Waals surface area contributed by atoms with E-state index in [0.29, 0.717) is 4.88 Å². The van der Waals surface area contributed by atoms with Gasteiger partial charge in [-0.25, -0.2) is 5.43 Å². The molecule has 0 aliphatic rings. The fraction of sp³-hybridized carbons (Fsp3) is 0.300. The first-order valence-corrected chi connectivity index (χ1v) is 5.92. The minimum absolute atomic E-state index is 0.116. The largest absolute Gasteiger partial charge is 0.481 e. The van der Waals surface area contributed by atoms with Crippen molar-refractivity contribution in [2.75, 3.05) is 0 Å². The molecule has 98 valence electrons. The summed E-state index contributed by atoms with van der Waals surface area (Å²) in [5, 5.41) is 19.0. The second kappa shape index (κ2) is 6.72. The quantitative estimate of drug-likeness (QED) is 0.531. The van der Waals surface area contributed by atoms with E-state index >= 15 is 0 Å². The van der Waals surface area contributed by atoms with Crippen LogP contribution >= 0.6 is 11.3 Å². The van der Waals surface area contributed by atoms with Gasteiger partial charge in [-0.05, 0) is 17.9 Å². The average Bonchev–Trinajstić information content (AvgIpc) is 2.81. The highest BCUT2D eigenvalue weighted by Gasteiger charge is 2.19. The molecule has 8 heteroatoms. The van der Waals surface area contributed by atoms with Gasteiger partial charge < -0.3 is 10.2 Å². The Bertz CT molecular complexity index is 431. The molecule has 0 saturated heterocycles. The summed E-state index contributed by atoms with van der Waals surface area (Å²) in [6.07, 6.45) is -0.409. The number of nitrogens with one attached hydrogen (secondary N) is 2. The molecule has 0 bridgehead atoms. The topological polar surface area (TPSA) is 116 Å². The lowest BCUT2D eigenvalue weighted by molar-refractivity contribution is -0.140. The maximum absolute atomic E-state index is 11.5. The third kappa shape index (κ3) is 4.52. The zero-order chi connectivity index (χ0) is 13.5. The van der Waals surface area contributed by atoms with Gasteiger partial charge in [0, 0.05) is 6.42 Å². The zero-order valence-corrected chi connectivity index (χ0v) is 10.1. The van der Waals surface area contributed by atoms with Crippen LogP contribution < -0.4 is 10.9 Å². The van der Waals surface area contributed by atoms with Crippen LogP contribution in [0.15, 0.2) is 17.5 Å². The van der Waals surface area contributed by atoms with Crippen molar-refractivity contribution < 1.29 is 24.6 Å². The van der Waals surface area contributed by atoms with Gasteiger partial charge in [-0.3, -0.25) is 19.8 Å². The van der Waals surface area contributed by atoms with Crippen LogP contribution in [0.25, 0.3) is 0 Å². The van der Waals surface area contributed by atoms with Gasteiger partial charge in [0.1, 0.15) is 6.04 Å². The number of hydrogen-bond acceptors (Lipinski definition) is 5. The van der Waals surface area contributed by atoms with E-state index in [1.165, 1.54) is 11.3 Å². The Morgan fingerprint density at radius 3 is 2.56 bits per heavy atom. The fourth-order valence-corrected chi connectivity index (χ4v) is 1.77. The van der Waals surface area contributed by atoms with Gasteiger partial charge in [-0.2, -0.15) is 0 Å². The van der Waals surface area contributed by atoms with Gasteiger partial charge in [-0.15, -0.1) is 11.3 Å². The molecular weight excluding hydrogens is 260 g/mol. The molecule has 0 aromatic carbocycles. The summed E-state index contributed by atoms with van der Waals surface area (Å²) in [5.74, 6) is -2.76. The molecule has 0 unspecified atom stereocenters. The maximum Gasteiger partial charge on any atom is 0.322 e. The summed E-state index contributed by atoms with van der Waals surface area (Å²) in [4.78, 5) is 33.1. The SMILES string of the molecule is O=C(O)CC[C@H](NNC(=O)c1cccs1)C(=O)O. The lowest BCUT2D eigenvalue weighted by Crippen LogP contribution is -2.48. The van der Waals surface area contributed by atoms with Crippen molar-refractivity contribution in [2.24, 2.45) is 0 Å². The molecule has 0 spiro atoms. The summed E-state index contributed by atoms with van der Waals surface area (Å²) in [7, 11) is 0. The van der Waals surface area contributed by atoms with Gasteiger partial charge in [0.15, 0.2) is 0 Å². The standard InChI is InChI=1S/C10H12N2O5S/c13-8(14)4-3-6(10(16)17)11-12-9(15)7-2-1-5-18-7/h1-2,5-6,11H,3-4H2,(H,12,15)(H,13,14)(H,16,17)/t6-/m0/s1. The second-order valence-electron chi connectivity index (χ2n) is 3.40. The van der Waals surface area contributed by atoms with Crippen molar-refractivity contribution in [3.8, 4) is 0 Å². The van der Waals surface area contributed by atoms with Crippen LogP contribution in [0.1, 0.15) is 22.5 Å². The predicted octanol–water partition coefficient (Wildman–Crippen LogP) is 0.300. The lowest BCUT2D eigenvalue weighted by atomic mass is 10.2. The number of rotatable bonds is 7. The van der Waals surface area contributed by atoms with Crippen molar-refractivity contribution in [1.82, 2.24) is 10.9 Å². The molecule has 1 atom stereocenters. The molecule has 1 rings (SSSR count). The number of carboxylic acid groups (broad SMARTS) is 2. The van der Waals surface area contributed by atoms with Crippen molar-refractivity contribution >= 4 is 29.2 Å². The van der Waals surface area contributed by atoms with Crippen molar-refractivity contribution in [3.05, 3.63) is 22.4 Å². The lowest BCUT2D eigenvalue weighted by Gasteiger charge is -2.13. The summed E-state index contributed by atoms with van der Waals surface area (Å²) >= 11 is 1.22. The Balaban J connectivity index is 2.44. The van der Waals surface area contributed by atoms with Crippen LogP contribution in [0.3, 0.4) is 0 Å². The molecule has 18 heavy (non-hydrogen) atoms. The van der Waals surface area contributed by atoms with Crippen LogP contribution in [0.5, 0.6) is 0 Å². The smallest absolute Gasteiger partial charge is 0.322 e. The van der Waals surface area contributed by atoms with E-state index in [9.17, 15) is 14.4 Å². The molecule has 0 aliphatic carbocycles. The third-order valence-electron chi connectivity index (χ3n) is 2.05. The average molecular weight is 272 g/mol. The number of thiophene rings is 1. The van der Waals surface area contributed by atoms with Crippen LogP contribution in [0.4, 0.5) is 0 Å². The van der Waals surface area contributed by atoms with Crippen molar-refractivity contribution in [2.45, 2.75) is 18.9 Å². The Morgan fingerprint density at radius 1 is 1.33 bits per heavy atom. The summed E-state index contributed by atoms with van der Waals surface area (Å²) in [6, 6.07) is 2.15. The Labute approximate surface area is 106 Å². The molecule has 0 radical (unpaired) electrons. The molecule has 0 fully saturated rings. The van der Waals surface area contributed by atoms with Gasteiger partial charge in [0.2, 0.25) is 0 Å². The fourth-order valence-electron chi connectivity index (χ4n) is 1.15. The monoisotopic (exact) mass is 272 g/mol. The number of carbonyl (C=O) groups excluding carboxylic acids is 1. The zero-order valence-electron chi connectivity index (χ0n) is 9.25. The van der Waals surface area contributed by atoms with E-state index in [4.69, 9.17) is 10.2 Å². The number of carboxylic acids is 2. The van der Waals surface area contributed by atoms with Crippen LogP contribution in [-0.4, -0.2) is 34.1 Å². The molecular formula is C10H12N2O5S. The molecule has 1 heterocycles. The Kier molecular flexibility index (Phi) is 5.28. The number of carbonyl (C=O) groups is 3. The molecule has 1 aromatic rings. The van der Waals surface area contributed by atoms with Gasteiger partial charge in [0.05, 0.1) is 4.88 Å². The van der Waals surface area contributed by atoms with E-state index in [1.807, 2.05) is 0 Å². The Morgan fingerprint density at radius 2 is 2.06 bits per heavy atom. The first-order valence-electron chi connectivity index (χ1n) is 5.04. The summed E-state index contributed by atoms with van der Waals surface area (Å²) < 4.78 is 0. The minimum atomic E-state index is -1.22. The maximum atomic E-state index is 11.5. The predicted molar refractivity (Wildman–Crippen MR) is 63.2 cm³/mol. The molecule has 0 aliphatic heterocycles. The number of aliphatic carboxylic acids is 2. The highest BCUT2D eigenvalue weighted by Crippen LogP contribution is 2.07. The van der Waals surface area contributed by atoms with E-state index in [0.717, 1.165) is 0 Å². The third-order valence-corrected chi connectivity index (χ3v) is 2.92. The molecule has 4 N–H and O–H groups in total. The number of hydrogen-bond donors (Lipinski definition) is 4. The molecule has 1 aromatic heterocycles. The van der Waals surface area contributed by atoms with E-state index < -0.39 is 23.9 Å². The minimum Gasteiger partial charge on any atom is -0.481 e. The molecule has 0 saturated carbocycles. The van der Waals surface area contributed by atoms with E-state index in [1.54, 1.807) is 17.5 Å². The van der Waals surface area contributed by atoms with Crippen molar-refractivity contribution in [3.63, 3.8) is 0 Å². The van der Waals surface area contributed by atoms with Crippen LogP contribution in [0.2, 0.25) is 0 Å². The van der Waals surface area contributed by atoms with Crippen molar-refractivity contribution in [1.29, 1.82) is 0 Å². The normalized spacial score (nSPS) is 11.8. The highest BCUT2D eigenvalue weighted by atomic mass is 32.1. The highest BCUT2D eigenvalue weighted by molar-refractivity contribution is 7.12. The number of amides is 1. The van der Waals surface area contributed by atoms with Gasteiger partial charge in [0.25, 0.3) is 5.91 Å². The molecule has 1 amide bonds. The first kappa shape index (κ1) is 14.1. The second-order valence-corrected chi connectivity index (χ2v) is 4.35. The van der Waals surface area contributed by atoms with Crippen LogP contribution in [-0.2, 0) is 9.59 Å². The first-order chi connectivity index (χ1) is 8.50. The Hall–Kier alpha value is -1.93. The van der Waals surface area contributed by atoms with E-state index in [2.05, 4.69) is 10.9 Å². The van der Waals surface area contributed by atoms with Gasteiger partial charge in [-0.1, -0.05) is 6.07 Å². The summed E-state index contributed by atoms with van der Waals surface area (Å²) in [5.41, 5.74) is 4.54. The van der Waals surface area contributed by atoms with Crippen LogP contribution in [0, 0.1) is 0 Å².